The van der Waals surface area contributed by atoms with E-state index in [1.165, 1.54) is 11.1 Å². The fourth-order valence-corrected chi connectivity index (χ4v) is 2.50. The van der Waals surface area contributed by atoms with Crippen molar-refractivity contribution < 1.29 is 4.52 Å². The Bertz CT molecular complexity index is 648. The predicted octanol–water partition coefficient (Wildman–Crippen LogP) is 2.58. The van der Waals surface area contributed by atoms with Crippen LogP contribution < -0.4 is 5.32 Å². The minimum atomic E-state index is 0.683. The molecule has 2 rings (SSSR count). The van der Waals surface area contributed by atoms with Crippen LogP contribution in [0.2, 0.25) is 0 Å². The van der Waals surface area contributed by atoms with Crippen molar-refractivity contribution in [3.63, 3.8) is 0 Å². The highest BCUT2D eigenvalue weighted by Crippen LogP contribution is 2.07. The topological polar surface area (TPSA) is 66.5 Å². The molecular weight excluding hydrogens is 302 g/mol. The van der Waals surface area contributed by atoms with Crippen LogP contribution in [-0.2, 0) is 19.4 Å². The van der Waals surface area contributed by atoms with Crippen molar-refractivity contribution in [3.05, 3.63) is 47.1 Å². The van der Waals surface area contributed by atoms with E-state index in [1.807, 2.05) is 14.0 Å². The lowest BCUT2D eigenvalue weighted by Gasteiger charge is -2.22. The normalized spacial score (nSPS) is 11.6. The molecule has 24 heavy (non-hydrogen) atoms. The Morgan fingerprint density at radius 3 is 2.54 bits per heavy atom. The van der Waals surface area contributed by atoms with Crippen molar-refractivity contribution in [2.24, 2.45) is 4.99 Å². The SMILES string of the molecule is CCc1ccc(CN(C)C(=NC)NCCCc2nc(C)no2)cc1. The first kappa shape index (κ1) is 18.0. The summed E-state index contributed by atoms with van der Waals surface area (Å²) in [7, 11) is 3.85. The number of aliphatic imine (C=N–C) groups is 1. The van der Waals surface area contributed by atoms with Crippen LogP contribution in [0, 0.1) is 6.92 Å². The second kappa shape index (κ2) is 9.05. The Hall–Kier alpha value is -2.37. The second-order valence-corrected chi connectivity index (χ2v) is 5.84. The molecular formula is C18H27N5O. The molecule has 6 nitrogen and oxygen atoms in total. The molecule has 0 amide bonds. The highest BCUT2D eigenvalue weighted by Gasteiger charge is 2.07. The summed E-state index contributed by atoms with van der Waals surface area (Å²) in [6, 6.07) is 8.73. The summed E-state index contributed by atoms with van der Waals surface area (Å²) in [5.41, 5.74) is 2.64. The molecule has 0 spiro atoms. The van der Waals surface area contributed by atoms with Crippen LogP contribution in [0.4, 0.5) is 0 Å². The fourth-order valence-electron chi connectivity index (χ4n) is 2.50. The van der Waals surface area contributed by atoms with Gasteiger partial charge in [0.1, 0.15) is 0 Å². The number of rotatable bonds is 7. The van der Waals surface area contributed by atoms with Crippen molar-refractivity contribution in [2.75, 3.05) is 20.6 Å². The number of nitrogens with one attached hydrogen (secondary N) is 1. The van der Waals surface area contributed by atoms with Crippen LogP contribution >= 0.6 is 0 Å². The van der Waals surface area contributed by atoms with Crippen LogP contribution in [0.5, 0.6) is 0 Å². The monoisotopic (exact) mass is 329 g/mol. The molecule has 0 unspecified atom stereocenters. The number of aryl methyl sites for hydroxylation is 3. The average Bonchev–Trinajstić information content (AvgIpc) is 3.01. The molecule has 0 atom stereocenters. The van der Waals surface area contributed by atoms with Gasteiger partial charge in [0.15, 0.2) is 11.8 Å². The molecule has 0 aliphatic heterocycles. The highest BCUT2D eigenvalue weighted by molar-refractivity contribution is 5.79. The third kappa shape index (κ3) is 5.37. The molecule has 0 saturated carbocycles. The maximum atomic E-state index is 5.11. The smallest absolute Gasteiger partial charge is 0.226 e. The van der Waals surface area contributed by atoms with E-state index in [2.05, 4.69) is 56.5 Å². The van der Waals surface area contributed by atoms with Crippen LogP contribution in [0.25, 0.3) is 0 Å². The van der Waals surface area contributed by atoms with Crippen molar-refractivity contribution in [2.45, 2.75) is 39.7 Å². The number of nitrogens with zero attached hydrogens (tertiary/aromatic N) is 4. The largest absolute Gasteiger partial charge is 0.356 e. The van der Waals surface area contributed by atoms with E-state index in [-0.39, 0.29) is 0 Å². The first-order valence-corrected chi connectivity index (χ1v) is 8.41. The highest BCUT2D eigenvalue weighted by atomic mass is 16.5. The molecule has 1 aromatic heterocycles. The lowest BCUT2D eigenvalue weighted by atomic mass is 10.1. The molecule has 0 bridgehead atoms. The Labute approximate surface area is 144 Å². The van der Waals surface area contributed by atoms with E-state index in [9.17, 15) is 0 Å². The first-order chi connectivity index (χ1) is 11.6. The molecule has 1 aromatic carbocycles. The lowest BCUT2D eigenvalue weighted by molar-refractivity contribution is 0.371. The Morgan fingerprint density at radius 2 is 1.96 bits per heavy atom. The number of hydrogen-bond donors (Lipinski definition) is 1. The zero-order valence-electron chi connectivity index (χ0n) is 15.0. The zero-order chi connectivity index (χ0) is 17.4. The third-order valence-corrected chi connectivity index (χ3v) is 3.84. The standard InChI is InChI=1S/C18H27N5O/c1-5-15-8-10-16(11-9-15)13-23(4)18(19-3)20-12-6-7-17-21-14(2)22-24-17/h8-11H,5-7,12-13H2,1-4H3,(H,19,20). The van der Waals surface area contributed by atoms with Crippen LogP contribution in [0.1, 0.15) is 36.2 Å². The summed E-state index contributed by atoms with van der Waals surface area (Å²) in [5, 5.41) is 7.17. The summed E-state index contributed by atoms with van der Waals surface area (Å²) in [4.78, 5) is 10.7. The summed E-state index contributed by atoms with van der Waals surface area (Å²) in [6.45, 7) is 5.64. The minimum absolute atomic E-state index is 0.683. The van der Waals surface area contributed by atoms with Crippen molar-refractivity contribution in [1.82, 2.24) is 20.4 Å². The van der Waals surface area contributed by atoms with Crippen molar-refractivity contribution in [3.8, 4) is 0 Å². The molecule has 0 radical (unpaired) electrons. The van der Waals surface area contributed by atoms with E-state index in [0.29, 0.717) is 11.7 Å². The van der Waals surface area contributed by atoms with Gasteiger partial charge in [0.05, 0.1) is 0 Å². The summed E-state index contributed by atoms with van der Waals surface area (Å²) in [5.74, 6) is 2.26. The van der Waals surface area contributed by atoms with E-state index in [4.69, 9.17) is 4.52 Å². The molecule has 6 heteroatoms. The van der Waals surface area contributed by atoms with Gasteiger partial charge in [-0.15, -0.1) is 0 Å². The van der Waals surface area contributed by atoms with Gasteiger partial charge in [0.2, 0.25) is 5.89 Å². The fraction of sp³-hybridized carbons (Fsp3) is 0.500. The van der Waals surface area contributed by atoms with Gasteiger partial charge >= 0.3 is 0 Å². The molecule has 0 fully saturated rings. The number of aromatic nitrogens is 2. The molecule has 0 saturated heterocycles. The van der Waals surface area contributed by atoms with Gasteiger partial charge in [-0.05, 0) is 30.9 Å². The van der Waals surface area contributed by atoms with Crippen molar-refractivity contribution in [1.29, 1.82) is 0 Å². The van der Waals surface area contributed by atoms with Crippen molar-refractivity contribution >= 4 is 5.96 Å². The van der Waals surface area contributed by atoms with Gasteiger partial charge in [-0.2, -0.15) is 4.98 Å². The van der Waals surface area contributed by atoms with E-state index >= 15 is 0 Å². The molecule has 0 aliphatic rings. The molecule has 1 N–H and O–H groups in total. The van der Waals surface area contributed by atoms with Crippen LogP contribution in [0.15, 0.2) is 33.8 Å². The first-order valence-electron chi connectivity index (χ1n) is 8.41. The predicted molar refractivity (Wildman–Crippen MR) is 96.0 cm³/mol. The van der Waals surface area contributed by atoms with Gasteiger partial charge in [-0.25, -0.2) is 0 Å². The van der Waals surface area contributed by atoms with Crippen LogP contribution in [0.3, 0.4) is 0 Å². The molecule has 0 aliphatic carbocycles. The maximum absolute atomic E-state index is 5.11. The number of benzene rings is 1. The van der Waals surface area contributed by atoms with Gasteiger partial charge < -0.3 is 14.7 Å². The summed E-state index contributed by atoms with van der Waals surface area (Å²) >= 11 is 0. The zero-order valence-corrected chi connectivity index (χ0v) is 15.0. The summed E-state index contributed by atoms with van der Waals surface area (Å²) in [6.07, 6.45) is 2.76. The average molecular weight is 329 g/mol. The lowest BCUT2D eigenvalue weighted by Crippen LogP contribution is -2.39. The van der Waals surface area contributed by atoms with Gasteiger partial charge in [0, 0.05) is 33.6 Å². The Morgan fingerprint density at radius 1 is 1.25 bits per heavy atom. The van der Waals surface area contributed by atoms with E-state index < -0.39 is 0 Å². The van der Waals surface area contributed by atoms with Gasteiger partial charge in [-0.3, -0.25) is 4.99 Å². The molecule has 2 aromatic rings. The van der Waals surface area contributed by atoms with E-state index in [1.54, 1.807) is 7.05 Å². The Balaban J connectivity index is 1.77. The number of hydrogen-bond acceptors (Lipinski definition) is 4. The summed E-state index contributed by atoms with van der Waals surface area (Å²) < 4.78 is 5.11. The quantitative estimate of drug-likeness (QED) is 0.480. The van der Waals surface area contributed by atoms with Crippen LogP contribution in [-0.4, -0.2) is 41.6 Å². The maximum Gasteiger partial charge on any atom is 0.226 e. The minimum Gasteiger partial charge on any atom is -0.356 e. The Kier molecular flexibility index (Phi) is 6.78. The molecule has 1 heterocycles. The third-order valence-electron chi connectivity index (χ3n) is 3.84. The van der Waals surface area contributed by atoms with Gasteiger partial charge in [0.25, 0.3) is 0 Å². The second-order valence-electron chi connectivity index (χ2n) is 5.84. The van der Waals surface area contributed by atoms with Gasteiger partial charge in [-0.1, -0.05) is 36.3 Å². The van der Waals surface area contributed by atoms with E-state index in [0.717, 1.165) is 38.3 Å². The molecule has 130 valence electrons. The number of guanidine groups is 1.